The molecule has 1 aliphatic heterocycles. The molecule has 5 heteroatoms. The highest BCUT2D eigenvalue weighted by molar-refractivity contribution is 6.30. The molecule has 0 radical (unpaired) electrons. The molecule has 1 heterocycles. The summed E-state index contributed by atoms with van der Waals surface area (Å²) in [4.78, 5) is 26.5. The van der Waals surface area contributed by atoms with Gasteiger partial charge in [0.15, 0.2) is 5.78 Å². The zero-order chi connectivity index (χ0) is 20.8. The molecule has 1 unspecified atom stereocenters. The summed E-state index contributed by atoms with van der Waals surface area (Å²) in [6, 6.07) is 7.47. The van der Waals surface area contributed by atoms with Crippen LogP contribution in [0.1, 0.15) is 70.8 Å². The van der Waals surface area contributed by atoms with Crippen LogP contribution >= 0.6 is 11.6 Å². The molecular weight excluding hydrogens is 386 g/mol. The Labute approximate surface area is 177 Å². The number of allylic oxidation sites excluding steroid dienone is 3. The number of carbonyl (C=O) groups is 2. The molecule has 3 aliphatic rings. The van der Waals surface area contributed by atoms with Gasteiger partial charge in [0.25, 0.3) is 0 Å². The first-order valence-corrected chi connectivity index (χ1v) is 10.8. The first kappa shape index (κ1) is 20.2. The van der Waals surface area contributed by atoms with Crippen LogP contribution in [0.5, 0.6) is 0 Å². The van der Waals surface area contributed by atoms with Crippen molar-refractivity contribution in [2.45, 2.75) is 71.3 Å². The molecule has 154 valence electrons. The van der Waals surface area contributed by atoms with Crippen LogP contribution in [0.2, 0.25) is 5.02 Å². The molecule has 1 atom stereocenters. The quantitative estimate of drug-likeness (QED) is 0.671. The zero-order valence-electron chi connectivity index (χ0n) is 17.3. The Morgan fingerprint density at radius 3 is 2.62 bits per heavy atom. The summed E-state index contributed by atoms with van der Waals surface area (Å²) in [7, 11) is 0. The number of halogens is 1. The van der Waals surface area contributed by atoms with Crippen molar-refractivity contribution >= 4 is 23.4 Å². The van der Waals surface area contributed by atoms with Gasteiger partial charge >= 0.3 is 5.97 Å². The van der Waals surface area contributed by atoms with Gasteiger partial charge in [-0.3, -0.25) is 4.79 Å². The molecule has 1 N–H and O–H groups in total. The second kappa shape index (κ2) is 7.64. The summed E-state index contributed by atoms with van der Waals surface area (Å²) in [5.74, 6) is -0.675. The number of Topliss-reactive ketones (excluding diaryl/α,β-unsaturated/α-hetero) is 1. The lowest BCUT2D eigenvalue weighted by Crippen LogP contribution is -2.39. The van der Waals surface area contributed by atoms with Crippen LogP contribution in [0.25, 0.3) is 0 Å². The van der Waals surface area contributed by atoms with Gasteiger partial charge in [0.1, 0.15) is 6.10 Å². The maximum absolute atomic E-state index is 13.3. The average molecular weight is 414 g/mol. The van der Waals surface area contributed by atoms with E-state index >= 15 is 0 Å². The topological polar surface area (TPSA) is 55.4 Å². The molecule has 0 bridgehead atoms. The molecule has 4 nitrogen and oxygen atoms in total. The normalized spacial score (nSPS) is 24.4. The summed E-state index contributed by atoms with van der Waals surface area (Å²) in [6.45, 7) is 6.11. The number of ketones is 1. The fourth-order valence-electron chi connectivity index (χ4n) is 4.95. The maximum atomic E-state index is 13.3. The minimum atomic E-state index is -0.442. The molecule has 1 aromatic carbocycles. The number of carbonyl (C=O) groups excluding carboxylic acids is 2. The summed E-state index contributed by atoms with van der Waals surface area (Å²) in [5, 5.41) is 3.97. The van der Waals surface area contributed by atoms with Gasteiger partial charge in [0, 0.05) is 34.3 Å². The second-order valence-corrected chi connectivity index (χ2v) is 9.73. The molecule has 0 aromatic heterocycles. The van der Waals surface area contributed by atoms with Crippen LogP contribution in [-0.4, -0.2) is 17.9 Å². The van der Waals surface area contributed by atoms with Crippen molar-refractivity contribution in [3.63, 3.8) is 0 Å². The number of hydrogen-bond donors (Lipinski definition) is 1. The Morgan fingerprint density at radius 1 is 1.21 bits per heavy atom. The molecule has 2 aliphatic carbocycles. The van der Waals surface area contributed by atoms with Crippen LogP contribution in [-0.2, 0) is 14.3 Å². The van der Waals surface area contributed by atoms with E-state index in [4.69, 9.17) is 16.3 Å². The molecule has 1 saturated carbocycles. The first-order valence-electron chi connectivity index (χ1n) is 10.5. The lowest BCUT2D eigenvalue weighted by atomic mass is 9.68. The highest BCUT2D eigenvalue weighted by atomic mass is 35.5. The highest BCUT2D eigenvalue weighted by Gasteiger charge is 2.43. The van der Waals surface area contributed by atoms with Crippen LogP contribution in [0.4, 0.5) is 0 Å². The highest BCUT2D eigenvalue weighted by Crippen LogP contribution is 2.47. The van der Waals surface area contributed by atoms with Gasteiger partial charge in [0.2, 0.25) is 0 Å². The number of nitrogens with one attached hydrogen (secondary N) is 1. The molecule has 1 aromatic rings. The van der Waals surface area contributed by atoms with E-state index in [2.05, 4.69) is 19.2 Å². The van der Waals surface area contributed by atoms with Crippen molar-refractivity contribution in [2.75, 3.05) is 0 Å². The molecule has 0 spiro atoms. The first-order chi connectivity index (χ1) is 13.7. The second-order valence-electron chi connectivity index (χ2n) is 9.30. The Bertz CT molecular complexity index is 922. The Kier molecular flexibility index (Phi) is 5.32. The van der Waals surface area contributed by atoms with Gasteiger partial charge in [-0.2, -0.15) is 0 Å². The fraction of sp³-hybridized carbons (Fsp3) is 0.500. The van der Waals surface area contributed by atoms with E-state index in [-0.39, 0.29) is 23.3 Å². The van der Waals surface area contributed by atoms with Gasteiger partial charge in [-0.15, -0.1) is 0 Å². The largest absolute Gasteiger partial charge is 0.459 e. The molecule has 1 fully saturated rings. The van der Waals surface area contributed by atoms with Crippen LogP contribution < -0.4 is 5.32 Å². The van der Waals surface area contributed by atoms with E-state index in [0.717, 1.165) is 49.1 Å². The van der Waals surface area contributed by atoms with Gasteiger partial charge in [-0.1, -0.05) is 37.6 Å². The number of hydrogen-bond acceptors (Lipinski definition) is 4. The van der Waals surface area contributed by atoms with Gasteiger partial charge < -0.3 is 10.1 Å². The van der Waals surface area contributed by atoms with Gasteiger partial charge in [-0.25, -0.2) is 4.79 Å². The predicted octanol–water partition coefficient (Wildman–Crippen LogP) is 5.43. The average Bonchev–Trinajstić information content (AvgIpc) is 3.12. The molecular formula is C24H28ClNO3. The van der Waals surface area contributed by atoms with Crippen molar-refractivity contribution in [3.05, 3.63) is 57.4 Å². The Morgan fingerprint density at radius 2 is 1.93 bits per heavy atom. The number of esters is 1. The monoisotopic (exact) mass is 413 g/mol. The van der Waals surface area contributed by atoms with Crippen molar-refractivity contribution in [3.8, 4) is 0 Å². The maximum Gasteiger partial charge on any atom is 0.337 e. The molecule has 0 amide bonds. The third-order valence-corrected chi connectivity index (χ3v) is 6.45. The fourth-order valence-corrected chi connectivity index (χ4v) is 5.15. The summed E-state index contributed by atoms with van der Waals surface area (Å²) in [5.41, 5.74) is 3.66. The van der Waals surface area contributed by atoms with Crippen molar-refractivity contribution < 1.29 is 14.3 Å². The van der Waals surface area contributed by atoms with Crippen LogP contribution in [0, 0.1) is 5.41 Å². The van der Waals surface area contributed by atoms with Gasteiger partial charge in [-0.05, 0) is 62.1 Å². The number of dihydropyridines is 1. The summed E-state index contributed by atoms with van der Waals surface area (Å²) < 4.78 is 5.86. The zero-order valence-corrected chi connectivity index (χ0v) is 18.1. The summed E-state index contributed by atoms with van der Waals surface area (Å²) in [6.07, 6.45) is 5.22. The lowest BCUT2D eigenvalue weighted by molar-refractivity contribution is -0.144. The van der Waals surface area contributed by atoms with E-state index in [0.29, 0.717) is 22.6 Å². The van der Waals surface area contributed by atoms with E-state index in [1.165, 1.54) is 0 Å². The SMILES string of the molecule is CC1=C(C(=O)OC2CCCC2)C(c2cccc(Cl)c2)C2=C(CC(C)(C)CC2=O)N1. The molecule has 4 rings (SSSR count). The smallest absolute Gasteiger partial charge is 0.337 e. The molecule has 0 saturated heterocycles. The van der Waals surface area contributed by atoms with Crippen molar-refractivity contribution in [2.24, 2.45) is 5.41 Å². The predicted molar refractivity (Wildman–Crippen MR) is 113 cm³/mol. The minimum absolute atomic E-state index is 0.0285. The lowest BCUT2D eigenvalue weighted by Gasteiger charge is -2.39. The number of rotatable bonds is 3. The van der Waals surface area contributed by atoms with E-state index < -0.39 is 5.92 Å². The van der Waals surface area contributed by atoms with E-state index in [9.17, 15) is 9.59 Å². The van der Waals surface area contributed by atoms with Gasteiger partial charge in [0.05, 0.1) is 5.57 Å². The minimum Gasteiger partial charge on any atom is -0.459 e. The molecule has 29 heavy (non-hydrogen) atoms. The third-order valence-electron chi connectivity index (χ3n) is 6.22. The van der Waals surface area contributed by atoms with E-state index in [1.54, 1.807) is 6.07 Å². The van der Waals surface area contributed by atoms with Crippen molar-refractivity contribution in [1.82, 2.24) is 5.32 Å². The van der Waals surface area contributed by atoms with Crippen molar-refractivity contribution in [1.29, 1.82) is 0 Å². The Hall–Kier alpha value is -2.07. The third kappa shape index (κ3) is 4.00. The van der Waals surface area contributed by atoms with E-state index in [1.807, 2.05) is 25.1 Å². The van der Waals surface area contributed by atoms with Crippen LogP contribution in [0.3, 0.4) is 0 Å². The summed E-state index contributed by atoms with van der Waals surface area (Å²) >= 11 is 6.27. The van der Waals surface area contributed by atoms with Crippen LogP contribution in [0.15, 0.2) is 46.8 Å². The number of ether oxygens (including phenoxy) is 1. The Balaban J connectivity index is 1.79. The standard InChI is InChI=1S/C24H28ClNO3/c1-14-20(23(28)29-17-9-4-5-10-17)21(15-7-6-8-16(25)11-15)22-18(26-14)12-24(2,3)13-19(22)27/h6-8,11,17,21,26H,4-5,9-10,12-13H2,1-3H3. The number of benzene rings is 1.